The molecule has 3 rings (SSSR count). The van der Waals surface area contributed by atoms with E-state index in [9.17, 15) is 4.79 Å². The van der Waals surface area contributed by atoms with Gasteiger partial charge in [-0.2, -0.15) is 0 Å². The Labute approximate surface area is 170 Å². The van der Waals surface area contributed by atoms with Crippen molar-refractivity contribution < 1.29 is 9.53 Å². The lowest BCUT2D eigenvalue weighted by Crippen LogP contribution is -2.41. The van der Waals surface area contributed by atoms with Crippen LogP contribution in [0.15, 0.2) is 24.3 Å². The molecule has 1 unspecified atom stereocenters. The number of methoxy groups -OCH3 is 1. The number of benzene rings is 1. The maximum Gasteiger partial charge on any atom is 0.226 e. The number of amides is 1. The number of ether oxygens (including phenoxy) is 1. The molecule has 1 N–H and O–H groups in total. The number of piperidine rings is 1. The second-order valence-corrected chi connectivity index (χ2v) is 9.29. The van der Waals surface area contributed by atoms with Crippen molar-refractivity contribution in [2.45, 2.75) is 46.5 Å². The second kappa shape index (κ2) is 8.83. The van der Waals surface area contributed by atoms with Crippen LogP contribution in [-0.2, 0) is 11.2 Å². The predicted octanol–water partition coefficient (Wildman–Crippen LogP) is 3.92. The van der Waals surface area contributed by atoms with E-state index in [1.54, 1.807) is 7.11 Å². The monoisotopic (exact) mass is 394 g/mol. The van der Waals surface area contributed by atoms with Crippen molar-refractivity contribution in [3.63, 3.8) is 0 Å². The average molecular weight is 395 g/mol. The fourth-order valence-corrected chi connectivity index (χ4v) is 4.29. The molecule has 1 spiro atoms. The van der Waals surface area contributed by atoms with Crippen LogP contribution in [0, 0.1) is 16.7 Å². The van der Waals surface area contributed by atoms with E-state index in [0.717, 1.165) is 57.6 Å². The highest BCUT2D eigenvalue weighted by Crippen LogP contribution is 2.59. The zero-order valence-corrected chi connectivity index (χ0v) is 18.0. The van der Waals surface area contributed by atoms with Crippen LogP contribution in [0.3, 0.4) is 0 Å². The summed E-state index contributed by atoms with van der Waals surface area (Å²) >= 11 is 0. The molecule has 1 atom stereocenters. The summed E-state index contributed by atoms with van der Waals surface area (Å²) in [6.45, 7) is 10.4. The summed E-state index contributed by atoms with van der Waals surface area (Å²) in [6.07, 6.45) is 4.31. The highest BCUT2D eigenvalue weighted by molar-refractivity contribution is 5.85. The number of hydrogen-bond donors (Lipinski definition) is 1. The lowest BCUT2D eigenvalue weighted by atomic mass is 9.91. The molecule has 1 heterocycles. The van der Waals surface area contributed by atoms with E-state index >= 15 is 0 Å². The van der Waals surface area contributed by atoms with Crippen molar-refractivity contribution in [1.82, 2.24) is 10.2 Å². The Morgan fingerprint density at radius 2 is 1.85 bits per heavy atom. The van der Waals surface area contributed by atoms with Gasteiger partial charge in [-0.15, -0.1) is 12.4 Å². The van der Waals surface area contributed by atoms with Crippen LogP contribution in [0.25, 0.3) is 0 Å². The van der Waals surface area contributed by atoms with E-state index in [-0.39, 0.29) is 23.7 Å². The first-order valence-electron chi connectivity index (χ1n) is 9.95. The van der Waals surface area contributed by atoms with Gasteiger partial charge in [-0.1, -0.05) is 32.9 Å². The largest absolute Gasteiger partial charge is 0.497 e. The Hall–Kier alpha value is -1.26. The molecule has 152 valence electrons. The van der Waals surface area contributed by atoms with E-state index in [1.165, 1.54) is 5.56 Å². The quantitative estimate of drug-likeness (QED) is 0.794. The number of rotatable bonds is 6. The number of nitrogens with one attached hydrogen (secondary N) is 1. The summed E-state index contributed by atoms with van der Waals surface area (Å²) < 4.78 is 5.23. The smallest absolute Gasteiger partial charge is 0.226 e. The van der Waals surface area contributed by atoms with E-state index in [4.69, 9.17) is 4.74 Å². The summed E-state index contributed by atoms with van der Waals surface area (Å²) in [7, 11) is 1.69. The van der Waals surface area contributed by atoms with Gasteiger partial charge in [0.2, 0.25) is 5.91 Å². The number of hydrogen-bond acceptors (Lipinski definition) is 3. The van der Waals surface area contributed by atoms with Gasteiger partial charge in [0.25, 0.3) is 0 Å². The van der Waals surface area contributed by atoms with Gasteiger partial charge < -0.3 is 15.0 Å². The molecule has 1 amide bonds. The van der Waals surface area contributed by atoms with Crippen molar-refractivity contribution in [3.8, 4) is 5.75 Å². The Balaban J connectivity index is 0.00000261. The maximum atomic E-state index is 13.3. The molecule has 2 fully saturated rings. The minimum absolute atomic E-state index is 0. The van der Waals surface area contributed by atoms with Crippen LogP contribution in [-0.4, -0.2) is 44.1 Å². The van der Waals surface area contributed by atoms with Gasteiger partial charge in [-0.25, -0.2) is 0 Å². The topological polar surface area (TPSA) is 41.6 Å². The molecular weight excluding hydrogens is 360 g/mol. The highest BCUT2D eigenvalue weighted by Gasteiger charge is 2.58. The van der Waals surface area contributed by atoms with Gasteiger partial charge in [0.1, 0.15) is 5.75 Å². The van der Waals surface area contributed by atoms with Crippen LogP contribution in [0.2, 0.25) is 0 Å². The number of carbonyl (C=O) groups excluding carboxylic acids is 1. The number of carbonyl (C=O) groups is 1. The first-order valence-corrected chi connectivity index (χ1v) is 9.95. The summed E-state index contributed by atoms with van der Waals surface area (Å²) in [4.78, 5) is 15.4. The lowest BCUT2D eigenvalue weighted by molar-refractivity contribution is -0.135. The van der Waals surface area contributed by atoms with Crippen molar-refractivity contribution in [2.75, 3.05) is 33.3 Å². The molecule has 0 aromatic heterocycles. The van der Waals surface area contributed by atoms with Gasteiger partial charge in [-0.05, 0) is 67.3 Å². The molecule has 0 bridgehead atoms. The summed E-state index contributed by atoms with van der Waals surface area (Å²) in [5.41, 5.74) is 1.68. The number of halogens is 1. The van der Waals surface area contributed by atoms with E-state index < -0.39 is 0 Å². The van der Waals surface area contributed by atoms with Crippen molar-refractivity contribution >= 4 is 18.3 Å². The molecule has 1 aliphatic heterocycles. The molecule has 1 aromatic carbocycles. The van der Waals surface area contributed by atoms with Gasteiger partial charge >= 0.3 is 0 Å². The van der Waals surface area contributed by atoms with Crippen LogP contribution in [0.5, 0.6) is 5.75 Å². The molecule has 4 nitrogen and oxygen atoms in total. The van der Waals surface area contributed by atoms with E-state index in [2.05, 4.69) is 43.1 Å². The Morgan fingerprint density at radius 1 is 1.22 bits per heavy atom. The van der Waals surface area contributed by atoms with Gasteiger partial charge in [0.15, 0.2) is 0 Å². The van der Waals surface area contributed by atoms with Crippen molar-refractivity contribution in [2.24, 2.45) is 16.7 Å². The Kier molecular flexibility index (Phi) is 7.20. The second-order valence-electron chi connectivity index (χ2n) is 9.29. The SMILES string of the molecule is COc1ccc(CCN(CC(C)(C)C)C(=O)C2CC23CCNCC3)cc1.Cl. The van der Waals surface area contributed by atoms with Crippen LogP contribution >= 0.6 is 12.4 Å². The minimum atomic E-state index is 0. The van der Waals surface area contributed by atoms with Gasteiger partial charge in [-0.3, -0.25) is 4.79 Å². The fraction of sp³-hybridized carbons (Fsp3) is 0.682. The normalized spacial score (nSPS) is 20.7. The summed E-state index contributed by atoms with van der Waals surface area (Å²) in [6, 6.07) is 8.19. The Bertz CT molecular complexity index is 618. The predicted molar refractivity (Wildman–Crippen MR) is 113 cm³/mol. The maximum absolute atomic E-state index is 13.3. The third kappa shape index (κ3) is 5.61. The van der Waals surface area contributed by atoms with Crippen molar-refractivity contribution in [1.29, 1.82) is 0 Å². The first kappa shape index (κ1) is 22.0. The lowest BCUT2D eigenvalue weighted by Gasteiger charge is -2.32. The zero-order valence-electron chi connectivity index (χ0n) is 17.2. The minimum Gasteiger partial charge on any atom is -0.497 e. The first-order chi connectivity index (χ1) is 12.3. The molecule has 1 saturated carbocycles. The molecule has 0 radical (unpaired) electrons. The molecular formula is C22H35ClN2O2. The third-order valence-corrected chi connectivity index (χ3v) is 5.89. The zero-order chi connectivity index (χ0) is 18.8. The van der Waals surface area contributed by atoms with Crippen LogP contribution in [0.1, 0.15) is 45.6 Å². The molecule has 1 aliphatic carbocycles. The van der Waals surface area contributed by atoms with Gasteiger partial charge in [0, 0.05) is 19.0 Å². The fourth-order valence-electron chi connectivity index (χ4n) is 4.29. The van der Waals surface area contributed by atoms with Crippen LogP contribution < -0.4 is 10.1 Å². The Morgan fingerprint density at radius 3 is 2.41 bits per heavy atom. The molecule has 1 saturated heterocycles. The summed E-state index contributed by atoms with van der Waals surface area (Å²) in [5.74, 6) is 1.51. The summed E-state index contributed by atoms with van der Waals surface area (Å²) in [5, 5.41) is 3.43. The molecule has 1 aromatic rings. The highest BCUT2D eigenvalue weighted by atomic mass is 35.5. The molecule has 27 heavy (non-hydrogen) atoms. The van der Waals surface area contributed by atoms with Crippen molar-refractivity contribution in [3.05, 3.63) is 29.8 Å². The van der Waals surface area contributed by atoms with E-state index in [0.29, 0.717) is 11.3 Å². The van der Waals surface area contributed by atoms with Crippen LogP contribution in [0.4, 0.5) is 0 Å². The molecule has 2 aliphatic rings. The third-order valence-electron chi connectivity index (χ3n) is 5.89. The number of nitrogens with zero attached hydrogens (tertiary/aromatic N) is 1. The van der Waals surface area contributed by atoms with Gasteiger partial charge in [0.05, 0.1) is 7.11 Å². The van der Waals surface area contributed by atoms with E-state index in [1.807, 2.05) is 12.1 Å². The standard InChI is InChI=1S/C22H34N2O2.ClH/c1-21(2,3)16-24(14-9-17-5-7-18(26-4)8-6-17)20(25)19-15-22(19)10-12-23-13-11-22;/h5-8,19,23H,9-16H2,1-4H3;1H. The average Bonchev–Trinajstić information content (AvgIpc) is 3.31. The molecule has 5 heteroatoms.